The zero-order chi connectivity index (χ0) is 18.8. The summed E-state index contributed by atoms with van der Waals surface area (Å²) in [7, 11) is 0. The van der Waals surface area contributed by atoms with Gasteiger partial charge in [0.25, 0.3) is 5.91 Å². The lowest BCUT2D eigenvalue weighted by atomic mass is 9.94. The van der Waals surface area contributed by atoms with E-state index in [0.717, 1.165) is 32.6 Å². The van der Waals surface area contributed by atoms with Gasteiger partial charge < -0.3 is 4.90 Å². The van der Waals surface area contributed by atoms with Crippen LogP contribution in [0, 0.1) is 5.92 Å². The summed E-state index contributed by atoms with van der Waals surface area (Å²) in [6.45, 7) is 5.17. The highest BCUT2D eigenvalue weighted by molar-refractivity contribution is 5.99. The maximum Gasteiger partial charge on any atom is 0.254 e. The predicted octanol–water partition coefficient (Wildman–Crippen LogP) is 3.02. The molecule has 4 heterocycles. The fourth-order valence-corrected chi connectivity index (χ4v) is 4.34. The number of carbonyl (C=O) groups is 2. The first kappa shape index (κ1) is 17.9. The van der Waals surface area contributed by atoms with E-state index in [0.29, 0.717) is 17.0 Å². The molecule has 3 fully saturated rings. The first-order chi connectivity index (χ1) is 13.1. The molecule has 5 nitrogen and oxygen atoms in total. The van der Waals surface area contributed by atoms with Crippen molar-refractivity contribution < 1.29 is 9.59 Å². The minimum Gasteiger partial charge on any atom is -0.334 e. The van der Waals surface area contributed by atoms with E-state index in [9.17, 15) is 9.59 Å². The van der Waals surface area contributed by atoms with Gasteiger partial charge >= 0.3 is 0 Å². The summed E-state index contributed by atoms with van der Waals surface area (Å²) in [4.78, 5) is 33.4. The number of pyridine rings is 1. The van der Waals surface area contributed by atoms with Gasteiger partial charge in [0.15, 0.2) is 5.78 Å². The molecule has 2 atom stereocenters. The number of hydrogen-bond acceptors (Lipinski definition) is 4. The highest BCUT2D eigenvalue weighted by atomic mass is 16.2. The van der Waals surface area contributed by atoms with E-state index in [4.69, 9.17) is 0 Å². The summed E-state index contributed by atoms with van der Waals surface area (Å²) in [5.41, 5.74) is 2.48. The summed E-state index contributed by atoms with van der Waals surface area (Å²) >= 11 is 0. The Morgan fingerprint density at radius 2 is 1.81 bits per heavy atom. The standard InChI is InChI=1S/C22H25N3O2/c1-16(26)19-3-2-4-20(11-19)22(27)25-14-18-5-6-21(25)15-24(13-18)12-17-7-9-23-10-8-17/h2-4,7-11,18,21H,5-6,12-15H2,1H3/t18-,21+/m0/s1. The lowest BCUT2D eigenvalue weighted by molar-refractivity contribution is 0.0585. The number of ketones is 1. The summed E-state index contributed by atoms with van der Waals surface area (Å²) in [5, 5.41) is 0. The van der Waals surface area contributed by atoms with Crippen LogP contribution in [0.1, 0.15) is 46.0 Å². The molecule has 3 saturated heterocycles. The topological polar surface area (TPSA) is 53.5 Å². The highest BCUT2D eigenvalue weighted by Crippen LogP contribution is 2.30. The van der Waals surface area contributed by atoms with Gasteiger partial charge in [-0.1, -0.05) is 12.1 Å². The maximum atomic E-state index is 13.2. The number of nitrogens with zero attached hydrogens (tertiary/aromatic N) is 3. The van der Waals surface area contributed by atoms with Crippen LogP contribution < -0.4 is 0 Å². The molecule has 1 amide bonds. The zero-order valence-corrected chi connectivity index (χ0v) is 15.7. The lowest BCUT2D eigenvalue weighted by Gasteiger charge is -2.36. The Labute approximate surface area is 160 Å². The molecule has 27 heavy (non-hydrogen) atoms. The molecule has 0 aliphatic carbocycles. The molecule has 0 N–H and O–H groups in total. The largest absolute Gasteiger partial charge is 0.334 e. The predicted molar refractivity (Wildman–Crippen MR) is 104 cm³/mol. The minimum absolute atomic E-state index is 0.00874. The number of fused-ring (bicyclic) bond motifs is 4. The van der Waals surface area contributed by atoms with Crippen molar-refractivity contribution in [2.24, 2.45) is 5.92 Å². The van der Waals surface area contributed by atoms with E-state index >= 15 is 0 Å². The lowest BCUT2D eigenvalue weighted by Crippen LogP contribution is -2.47. The molecule has 3 aliphatic rings. The Kier molecular flexibility index (Phi) is 5.03. The Hall–Kier alpha value is -2.53. The van der Waals surface area contributed by atoms with Crippen LogP contribution in [0.3, 0.4) is 0 Å². The molecule has 0 saturated carbocycles. The van der Waals surface area contributed by atoms with Crippen LogP contribution in [0.25, 0.3) is 0 Å². The number of rotatable bonds is 4. The number of amides is 1. The van der Waals surface area contributed by atoms with Gasteiger partial charge in [0.1, 0.15) is 0 Å². The second-order valence-corrected chi connectivity index (χ2v) is 7.74. The summed E-state index contributed by atoms with van der Waals surface area (Å²) < 4.78 is 0. The van der Waals surface area contributed by atoms with E-state index < -0.39 is 0 Å². The monoisotopic (exact) mass is 363 g/mol. The van der Waals surface area contributed by atoms with E-state index in [-0.39, 0.29) is 17.7 Å². The third kappa shape index (κ3) is 3.93. The Bertz CT molecular complexity index is 836. The molecule has 0 radical (unpaired) electrons. The van der Waals surface area contributed by atoms with Gasteiger partial charge in [-0.15, -0.1) is 0 Å². The van der Waals surface area contributed by atoms with E-state index in [1.54, 1.807) is 18.2 Å². The van der Waals surface area contributed by atoms with E-state index in [2.05, 4.69) is 22.0 Å². The molecule has 1 aromatic heterocycles. The van der Waals surface area contributed by atoms with Crippen molar-refractivity contribution in [3.05, 3.63) is 65.5 Å². The molecule has 0 unspecified atom stereocenters. The van der Waals surface area contributed by atoms with Gasteiger partial charge in [0, 0.05) is 55.7 Å². The first-order valence-electron chi connectivity index (χ1n) is 9.63. The number of hydrogen-bond donors (Lipinski definition) is 0. The van der Waals surface area contributed by atoms with Crippen LogP contribution in [0.5, 0.6) is 0 Å². The first-order valence-corrected chi connectivity index (χ1v) is 9.63. The normalized spacial score (nSPS) is 22.5. The van der Waals surface area contributed by atoms with Crippen molar-refractivity contribution in [3.63, 3.8) is 0 Å². The van der Waals surface area contributed by atoms with Crippen LogP contribution in [0.4, 0.5) is 0 Å². The molecule has 2 bridgehead atoms. The fraction of sp³-hybridized carbons (Fsp3) is 0.409. The smallest absolute Gasteiger partial charge is 0.254 e. The van der Waals surface area contributed by atoms with Crippen LogP contribution in [0.2, 0.25) is 0 Å². The van der Waals surface area contributed by atoms with Crippen molar-refractivity contribution in [1.29, 1.82) is 0 Å². The third-order valence-corrected chi connectivity index (χ3v) is 5.72. The Morgan fingerprint density at radius 1 is 1.04 bits per heavy atom. The van der Waals surface area contributed by atoms with E-state index in [1.165, 1.54) is 18.9 Å². The van der Waals surface area contributed by atoms with Gasteiger partial charge in [-0.25, -0.2) is 0 Å². The van der Waals surface area contributed by atoms with Gasteiger partial charge in [0.2, 0.25) is 0 Å². The van der Waals surface area contributed by atoms with Gasteiger partial charge in [-0.3, -0.25) is 19.5 Å². The van der Waals surface area contributed by atoms with Crippen molar-refractivity contribution in [2.75, 3.05) is 19.6 Å². The molecule has 1 aromatic carbocycles. The van der Waals surface area contributed by atoms with Gasteiger partial charge in [-0.2, -0.15) is 0 Å². The maximum absolute atomic E-state index is 13.2. The molecule has 0 spiro atoms. The molecule has 140 valence electrons. The molecule has 3 aliphatic heterocycles. The van der Waals surface area contributed by atoms with Crippen molar-refractivity contribution in [3.8, 4) is 0 Å². The zero-order valence-electron chi connectivity index (χ0n) is 15.7. The van der Waals surface area contributed by atoms with Crippen LogP contribution >= 0.6 is 0 Å². The molecule has 5 heteroatoms. The van der Waals surface area contributed by atoms with Crippen molar-refractivity contribution in [2.45, 2.75) is 32.4 Å². The average Bonchev–Trinajstić information content (AvgIpc) is 2.99. The third-order valence-electron chi connectivity index (χ3n) is 5.72. The summed E-state index contributed by atoms with van der Waals surface area (Å²) in [6.07, 6.45) is 5.89. The Balaban J connectivity index is 1.51. The minimum atomic E-state index is -0.00874. The Morgan fingerprint density at radius 3 is 2.59 bits per heavy atom. The van der Waals surface area contributed by atoms with Crippen LogP contribution in [-0.2, 0) is 6.54 Å². The number of carbonyl (C=O) groups excluding carboxylic acids is 2. The van der Waals surface area contributed by atoms with Gasteiger partial charge in [0.05, 0.1) is 0 Å². The fourth-order valence-electron chi connectivity index (χ4n) is 4.34. The number of Topliss-reactive ketones (excluding diaryl/α,β-unsaturated/α-hetero) is 1. The average molecular weight is 363 g/mol. The van der Waals surface area contributed by atoms with Crippen LogP contribution in [0.15, 0.2) is 48.8 Å². The SMILES string of the molecule is CC(=O)c1cccc(C(=O)N2C[C@H]3CC[C@@H]2CN(Cc2ccncc2)C3)c1. The van der Waals surface area contributed by atoms with Gasteiger partial charge in [-0.05, 0) is 55.5 Å². The second kappa shape index (κ2) is 7.61. The number of aromatic nitrogens is 1. The number of piperidine rings is 1. The van der Waals surface area contributed by atoms with Crippen LogP contribution in [-0.4, -0.2) is 52.2 Å². The molecule has 5 rings (SSSR count). The quantitative estimate of drug-likeness (QED) is 0.784. The van der Waals surface area contributed by atoms with Crippen molar-refractivity contribution in [1.82, 2.24) is 14.8 Å². The summed E-state index contributed by atoms with van der Waals surface area (Å²) in [5.74, 6) is 0.551. The summed E-state index contributed by atoms with van der Waals surface area (Å²) in [6, 6.07) is 11.5. The van der Waals surface area contributed by atoms with Crippen molar-refractivity contribution >= 4 is 11.7 Å². The molecular formula is C22H25N3O2. The second-order valence-electron chi connectivity index (χ2n) is 7.74. The van der Waals surface area contributed by atoms with E-state index in [1.807, 2.05) is 23.4 Å². The highest BCUT2D eigenvalue weighted by Gasteiger charge is 2.37. The number of benzene rings is 1. The molecular weight excluding hydrogens is 338 g/mol. The molecule has 2 aromatic rings.